The third-order valence-corrected chi connectivity index (χ3v) is 4.15. The first-order valence-corrected chi connectivity index (χ1v) is 7.35. The Bertz CT molecular complexity index is 526. The molecule has 0 amide bonds. The summed E-state index contributed by atoms with van der Waals surface area (Å²) in [7, 11) is 0. The molecule has 0 radical (unpaired) electrons. The molecule has 2 nitrogen and oxygen atoms in total. The van der Waals surface area contributed by atoms with Crippen LogP contribution < -0.4 is 0 Å². The molecule has 1 heterocycles. The largest absolute Gasteiger partial charge is 0.387 e. The van der Waals surface area contributed by atoms with Crippen molar-refractivity contribution in [3.63, 3.8) is 0 Å². The molecule has 2 aromatic carbocycles. The molecule has 1 saturated heterocycles. The molecule has 0 aromatic heterocycles. The van der Waals surface area contributed by atoms with Gasteiger partial charge < -0.3 is 5.11 Å². The average Bonchev–Trinajstić information content (AvgIpc) is 2.96. The first kappa shape index (κ1) is 13.3. The van der Waals surface area contributed by atoms with Crippen molar-refractivity contribution in [1.82, 2.24) is 4.90 Å². The van der Waals surface area contributed by atoms with Gasteiger partial charge in [-0.15, -0.1) is 0 Å². The fourth-order valence-corrected chi connectivity index (χ4v) is 3.10. The highest BCUT2D eigenvalue weighted by Crippen LogP contribution is 2.30. The number of hydrogen-bond acceptors (Lipinski definition) is 2. The van der Waals surface area contributed by atoms with Crippen molar-refractivity contribution in [1.29, 1.82) is 0 Å². The highest BCUT2D eigenvalue weighted by Gasteiger charge is 2.31. The summed E-state index contributed by atoms with van der Waals surface area (Å²) >= 11 is 0. The van der Waals surface area contributed by atoms with Crippen molar-refractivity contribution in [3.05, 3.63) is 71.8 Å². The van der Waals surface area contributed by atoms with Crippen LogP contribution in [0.4, 0.5) is 0 Å². The van der Waals surface area contributed by atoms with Crippen molar-refractivity contribution < 1.29 is 5.11 Å². The minimum Gasteiger partial charge on any atom is -0.387 e. The first-order chi connectivity index (χ1) is 9.84. The van der Waals surface area contributed by atoms with Gasteiger partial charge in [0.25, 0.3) is 0 Å². The van der Waals surface area contributed by atoms with E-state index in [9.17, 15) is 5.11 Å². The molecule has 0 spiro atoms. The molecule has 1 fully saturated rings. The number of rotatable bonds is 4. The van der Waals surface area contributed by atoms with Crippen LogP contribution in [-0.4, -0.2) is 22.6 Å². The topological polar surface area (TPSA) is 23.5 Å². The average molecular weight is 267 g/mol. The van der Waals surface area contributed by atoms with Gasteiger partial charge in [0.1, 0.15) is 0 Å². The Kier molecular flexibility index (Phi) is 4.14. The summed E-state index contributed by atoms with van der Waals surface area (Å²) < 4.78 is 0. The van der Waals surface area contributed by atoms with E-state index in [1.54, 1.807) is 0 Å². The number of benzene rings is 2. The Morgan fingerprint density at radius 2 is 1.65 bits per heavy atom. The molecule has 1 N–H and O–H groups in total. The zero-order valence-electron chi connectivity index (χ0n) is 11.7. The van der Waals surface area contributed by atoms with Crippen molar-refractivity contribution in [2.45, 2.75) is 31.5 Å². The van der Waals surface area contributed by atoms with Crippen LogP contribution in [0.1, 0.15) is 30.1 Å². The second kappa shape index (κ2) is 6.21. The zero-order chi connectivity index (χ0) is 13.8. The number of nitrogens with zero attached hydrogens (tertiary/aromatic N) is 1. The van der Waals surface area contributed by atoms with E-state index in [0.29, 0.717) is 0 Å². The van der Waals surface area contributed by atoms with Gasteiger partial charge in [-0.25, -0.2) is 0 Å². The van der Waals surface area contributed by atoms with Gasteiger partial charge in [0, 0.05) is 12.6 Å². The van der Waals surface area contributed by atoms with E-state index in [2.05, 4.69) is 29.2 Å². The lowest BCUT2D eigenvalue weighted by Gasteiger charge is -2.29. The highest BCUT2D eigenvalue weighted by atomic mass is 16.3. The standard InChI is InChI=1S/C18H21NO/c20-18(16-10-5-2-6-11-16)17-12-7-13-19(17)14-15-8-3-1-4-9-15/h1-6,8-11,17-18,20H,7,12-14H2/t17-,18-/m0/s1. The summed E-state index contributed by atoms with van der Waals surface area (Å²) in [6.07, 6.45) is 1.85. The quantitative estimate of drug-likeness (QED) is 0.918. The molecule has 2 atom stereocenters. The smallest absolute Gasteiger partial charge is 0.0945 e. The maximum Gasteiger partial charge on any atom is 0.0945 e. The molecule has 104 valence electrons. The van der Waals surface area contributed by atoms with Crippen molar-refractivity contribution >= 4 is 0 Å². The summed E-state index contributed by atoms with van der Waals surface area (Å²) in [4.78, 5) is 2.41. The molecule has 2 heteroatoms. The van der Waals surface area contributed by atoms with Gasteiger partial charge in [0.15, 0.2) is 0 Å². The summed E-state index contributed by atoms with van der Waals surface area (Å²) in [6, 6.07) is 20.8. The SMILES string of the molecule is O[C@@H](c1ccccc1)[C@@H]1CCCN1Cc1ccccc1. The van der Waals surface area contributed by atoms with Crippen LogP contribution >= 0.6 is 0 Å². The number of aliphatic hydroxyl groups is 1. The third-order valence-electron chi connectivity index (χ3n) is 4.15. The van der Waals surface area contributed by atoms with Crippen LogP contribution in [0.2, 0.25) is 0 Å². The van der Waals surface area contributed by atoms with Crippen LogP contribution in [-0.2, 0) is 6.54 Å². The lowest BCUT2D eigenvalue weighted by Crippen LogP contribution is -2.34. The van der Waals surface area contributed by atoms with Crippen LogP contribution in [0.25, 0.3) is 0 Å². The molecular weight excluding hydrogens is 246 g/mol. The normalized spacial score (nSPS) is 20.9. The van der Waals surface area contributed by atoms with E-state index in [4.69, 9.17) is 0 Å². The molecular formula is C18H21NO. The lowest BCUT2D eigenvalue weighted by atomic mass is 10.00. The van der Waals surface area contributed by atoms with Gasteiger partial charge in [-0.2, -0.15) is 0 Å². The summed E-state index contributed by atoms with van der Waals surface area (Å²) in [5, 5.41) is 10.6. The van der Waals surface area contributed by atoms with Crippen molar-refractivity contribution in [3.8, 4) is 0 Å². The maximum absolute atomic E-state index is 10.6. The number of hydrogen-bond donors (Lipinski definition) is 1. The van der Waals surface area contributed by atoms with E-state index in [1.807, 2.05) is 36.4 Å². The molecule has 3 rings (SSSR count). The molecule has 0 saturated carbocycles. The monoisotopic (exact) mass is 267 g/mol. The Labute approximate surface area is 120 Å². The van der Waals surface area contributed by atoms with Gasteiger partial charge in [-0.05, 0) is 30.5 Å². The fourth-order valence-electron chi connectivity index (χ4n) is 3.10. The van der Waals surface area contributed by atoms with Gasteiger partial charge in [-0.1, -0.05) is 60.7 Å². The predicted octanol–water partition coefficient (Wildman–Crippen LogP) is 3.38. The molecule has 2 aromatic rings. The van der Waals surface area contributed by atoms with Crippen LogP contribution in [0, 0.1) is 0 Å². The first-order valence-electron chi connectivity index (χ1n) is 7.35. The minimum absolute atomic E-state index is 0.234. The second-order valence-corrected chi connectivity index (χ2v) is 5.52. The Hall–Kier alpha value is -1.64. The molecule has 1 aliphatic rings. The molecule has 0 unspecified atom stereocenters. The van der Waals surface area contributed by atoms with Gasteiger partial charge in [0.05, 0.1) is 6.10 Å². The summed E-state index contributed by atoms with van der Waals surface area (Å²) in [6.45, 7) is 2.00. The van der Waals surface area contributed by atoms with E-state index < -0.39 is 0 Å². The Morgan fingerprint density at radius 1 is 1.00 bits per heavy atom. The van der Waals surface area contributed by atoms with E-state index in [0.717, 1.165) is 25.1 Å². The summed E-state index contributed by atoms with van der Waals surface area (Å²) in [5.41, 5.74) is 2.34. The van der Waals surface area contributed by atoms with Gasteiger partial charge in [0.2, 0.25) is 0 Å². The van der Waals surface area contributed by atoms with Crippen LogP contribution in [0.3, 0.4) is 0 Å². The van der Waals surface area contributed by atoms with E-state index in [-0.39, 0.29) is 12.1 Å². The number of likely N-dealkylation sites (tertiary alicyclic amines) is 1. The van der Waals surface area contributed by atoms with E-state index >= 15 is 0 Å². The lowest BCUT2D eigenvalue weighted by molar-refractivity contribution is 0.0688. The van der Waals surface area contributed by atoms with Crippen molar-refractivity contribution in [2.75, 3.05) is 6.54 Å². The van der Waals surface area contributed by atoms with Crippen molar-refractivity contribution in [2.24, 2.45) is 0 Å². The molecule has 0 aliphatic carbocycles. The molecule has 20 heavy (non-hydrogen) atoms. The van der Waals surface area contributed by atoms with E-state index in [1.165, 1.54) is 12.0 Å². The molecule has 1 aliphatic heterocycles. The Balaban J connectivity index is 1.72. The Morgan fingerprint density at radius 3 is 2.35 bits per heavy atom. The highest BCUT2D eigenvalue weighted by molar-refractivity contribution is 5.20. The summed E-state index contributed by atoms with van der Waals surface area (Å²) in [5.74, 6) is 0. The maximum atomic E-state index is 10.6. The van der Waals surface area contributed by atoms with Crippen LogP contribution in [0.5, 0.6) is 0 Å². The van der Waals surface area contributed by atoms with Crippen LogP contribution in [0.15, 0.2) is 60.7 Å². The zero-order valence-corrected chi connectivity index (χ0v) is 11.7. The van der Waals surface area contributed by atoms with Gasteiger partial charge in [-0.3, -0.25) is 4.90 Å². The third kappa shape index (κ3) is 2.92. The fraction of sp³-hybridized carbons (Fsp3) is 0.333. The number of aliphatic hydroxyl groups excluding tert-OH is 1. The molecule has 0 bridgehead atoms. The minimum atomic E-state index is -0.387. The predicted molar refractivity (Wildman–Crippen MR) is 81.3 cm³/mol. The van der Waals surface area contributed by atoms with Gasteiger partial charge >= 0.3 is 0 Å². The second-order valence-electron chi connectivity index (χ2n) is 5.52.